The summed E-state index contributed by atoms with van der Waals surface area (Å²) in [7, 11) is 0. The maximum atomic E-state index is 12.1. The summed E-state index contributed by atoms with van der Waals surface area (Å²) in [5.74, 6) is 1.10. The molecule has 0 N–H and O–H groups in total. The predicted molar refractivity (Wildman–Crippen MR) is 94.2 cm³/mol. The molecule has 1 heterocycles. The molecule has 1 aliphatic heterocycles. The fourth-order valence-electron chi connectivity index (χ4n) is 2.62. The molecule has 0 aromatic heterocycles. The number of hydrogen-bond acceptors (Lipinski definition) is 3. The molecule has 2 rings (SSSR count). The molecule has 22 heavy (non-hydrogen) atoms. The summed E-state index contributed by atoms with van der Waals surface area (Å²) in [6.45, 7) is 8.87. The number of halogens is 1. The van der Waals surface area contributed by atoms with Gasteiger partial charge in [-0.3, -0.25) is 9.69 Å². The van der Waals surface area contributed by atoms with Gasteiger partial charge in [0.1, 0.15) is 5.75 Å². The topological polar surface area (TPSA) is 29.5 Å². The van der Waals surface area contributed by atoms with Crippen molar-refractivity contribution in [1.82, 2.24) is 4.90 Å². The standard InChI is InChI=1S/C18H24BrNO2/c1-4-8-20-9-7-17(21)15(12-20)10-14-5-6-18(16(19)11-14)22-13(2)3/h5-6,10-11,13H,4,7-9,12H2,1-3H3/b15-10+. The van der Waals surface area contributed by atoms with E-state index < -0.39 is 0 Å². The van der Waals surface area contributed by atoms with E-state index in [9.17, 15) is 4.79 Å². The zero-order valence-corrected chi connectivity index (χ0v) is 15.1. The molecule has 0 unspecified atom stereocenters. The first kappa shape index (κ1) is 17.2. The normalized spacial score (nSPS) is 18.2. The summed E-state index contributed by atoms with van der Waals surface area (Å²) in [5.41, 5.74) is 1.94. The molecular formula is C18H24BrNO2. The van der Waals surface area contributed by atoms with Gasteiger partial charge in [0.15, 0.2) is 5.78 Å². The number of hydrogen-bond donors (Lipinski definition) is 0. The maximum Gasteiger partial charge on any atom is 0.161 e. The van der Waals surface area contributed by atoms with Gasteiger partial charge < -0.3 is 4.74 Å². The minimum absolute atomic E-state index is 0.142. The summed E-state index contributed by atoms with van der Waals surface area (Å²) in [4.78, 5) is 14.5. The first-order valence-corrected chi connectivity index (χ1v) is 8.71. The Morgan fingerprint density at radius 2 is 2.18 bits per heavy atom. The van der Waals surface area contributed by atoms with Crippen LogP contribution in [0.25, 0.3) is 6.08 Å². The van der Waals surface area contributed by atoms with Crippen molar-refractivity contribution in [3.8, 4) is 5.75 Å². The average Bonchev–Trinajstić information content (AvgIpc) is 2.45. The summed E-state index contributed by atoms with van der Waals surface area (Å²) in [5, 5.41) is 0. The van der Waals surface area contributed by atoms with Gasteiger partial charge in [-0.05, 0) is 66.5 Å². The van der Waals surface area contributed by atoms with Crippen molar-refractivity contribution >= 4 is 27.8 Å². The number of carbonyl (C=O) groups excluding carboxylic acids is 1. The second-order valence-electron chi connectivity index (χ2n) is 5.98. The number of rotatable bonds is 5. The van der Waals surface area contributed by atoms with E-state index in [-0.39, 0.29) is 11.9 Å². The third kappa shape index (κ3) is 4.68. The van der Waals surface area contributed by atoms with Gasteiger partial charge in [-0.25, -0.2) is 0 Å². The van der Waals surface area contributed by atoms with Crippen LogP contribution in [0.5, 0.6) is 5.75 Å². The fourth-order valence-corrected chi connectivity index (χ4v) is 3.11. The Kier molecular flexibility index (Phi) is 6.21. The van der Waals surface area contributed by atoms with Gasteiger partial charge in [0.2, 0.25) is 0 Å². The fraction of sp³-hybridized carbons (Fsp3) is 0.500. The molecule has 1 aliphatic rings. The number of ether oxygens (including phenoxy) is 1. The van der Waals surface area contributed by atoms with Crippen molar-refractivity contribution in [2.24, 2.45) is 0 Å². The van der Waals surface area contributed by atoms with Gasteiger partial charge in [-0.1, -0.05) is 13.0 Å². The van der Waals surface area contributed by atoms with Gasteiger partial charge in [0, 0.05) is 25.1 Å². The average molecular weight is 366 g/mol. The van der Waals surface area contributed by atoms with Crippen LogP contribution in [0.1, 0.15) is 39.2 Å². The number of nitrogens with zero attached hydrogens (tertiary/aromatic N) is 1. The highest BCUT2D eigenvalue weighted by Gasteiger charge is 2.20. The molecular weight excluding hydrogens is 342 g/mol. The molecule has 1 fully saturated rings. The van der Waals surface area contributed by atoms with E-state index in [2.05, 4.69) is 27.8 Å². The Morgan fingerprint density at radius 1 is 1.41 bits per heavy atom. The molecule has 0 bridgehead atoms. The summed E-state index contributed by atoms with van der Waals surface area (Å²) in [6.07, 6.45) is 3.90. The molecule has 0 saturated carbocycles. The molecule has 3 nitrogen and oxygen atoms in total. The second kappa shape index (κ2) is 7.93. The zero-order chi connectivity index (χ0) is 16.1. The van der Waals surface area contributed by atoms with Crippen LogP contribution in [0, 0.1) is 0 Å². The van der Waals surface area contributed by atoms with Crippen LogP contribution in [0.3, 0.4) is 0 Å². The van der Waals surface area contributed by atoms with E-state index in [0.29, 0.717) is 6.42 Å². The summed E-state index contributed by atoms with van der Waals surface area (Å²) < 4.78 is 6.64. The number of benzene rings is 1. The Balaban J connectivity index is 2.16. The third-order valence-corrected chi connectivity index (χ3v) is 4.23. The number of Topliss-reactive ketones (excluding diaryl/α,β-unsaturated/α-hetero) is 1. The van der Waals surface area contributed by atoms with Crippen molar-refractivity contribution in [1.29, 1.82) is 0 Å². The highest BCUT2D eigenvalue weighted by atomic mass is 79.9. The van der Waals surface area contributed by atoms with Crippen LogP contribution in [0.15, 0.2) is 28.2 Å². The Labute approximate surface area is 141 Å². The first-order chi connectivity index (χ1) is 10.5. The van der Waals surface area contributed by atoms with E-state index in [1.807, 2.05) is 38.1 Å². The van der Waals surface area contributed by atoms with Crippen molar-refractivity contribution < 1.29 is 9.53 Å². The minimum atomic E-state index is 0.142. The lowest BCUT2D eigenvalue weighted by Crippen LogP contribution is -2.36. The molecule has 0 atom stereocenters. The van der Waals surface area contributed by atoms with Crippen LogP contribution in [0.2, 0.25) is 0 Å². The molecule has 4 heteroatoms. The molecule has 120 valence electrons. The van der Waals surface area contributed by atoms with Crippen LogP contribution >= 0.6 is 15.9 Å². The Morgan fingerprint density at radius 3 is 2.82 bits per heavy atom. The lowest BCUT2D eigenvalue weighted by Gasteiger charge is -2.27. The predicted octanol–water partition coefficient (Wildman–Crippen LogP) is 4.30. The van der Waals surface area contributed by atoms with Gasteiger partial charge in [-0.2, -0.15) is 0 Å². The van der Waals surface area contributed by atoms with Gasteiger partial charge in [-0.15, -0.1) is 0 Å². The van der Waals surface area contributed by atoms with Crippen molar-refractivity contribution in [3.05, 3.63) is 33.8 Å². The molecule has 1 saturated heterocycles. The number of piperidine rings is 1. The zero-order valence-electron chi connectivity index (χ0n) is 13.6. The van der Waals surface area contributed by atoms with Crippen LogP contribution < -0.4 is 4.74 Å². The lowest BCUT2D eigenvalue weighted by molar-refractivity contribution is -0.117. The highest BCUT2D eigenvalue weighted by molar-refractivity contribution is 9.10. The van der Waals surface area contributed by atoms with E-state index in [0.717, 1.165) is 47.4 Å². The quantitative estimate of drug-likeness (QED) is 0.728. The van der Waals surface area contributed by atoms with Gasteiger partial charge in [0.05, 0.1) is 10.6 Å². The molecule has 0 spiro atoms. The lowest BCUT2D eigenvalue weighted by atomic mass is 10.00. The molecule has 0 amide bonds. The molecule has 0 radical (unpaired) electrons. The largest absolute Gasteiger partial charge is 0.490 e. The Bertz CT molecular complexity index is 566. The molecule has 1 aromatic carbocycles. The maximum absolute atomic E-state index is 12.1. The highest BCUT2D eigenvalue weighted by Crippen LogP contribution is 2.28. The minimum Gasteiger partial charge on any atom is -0.490 e. The second-order valence-corrected chi connectivity index (χ2v) is 6.83. The number of carbonyl (C=O) groups is 1. The summed E-state index contributed by atoms with van der Waals surface area (Å²) >= 11 is 3.54. The van der Waals surface area contributed by atoms with E-state index in [1.54, 1.807) is 0 Å². The summed E-state index contributed by atoms with van der Waals surface area (Å²) in [6, 6.07) is 5.96. The van der Waals surface area contributed by atoms with Crippen molar-refractivity contribution in [2.75, 3.05) is 19.6 Å². The Hall–Kier alpha value is -1.13. The van der Waals surface area contributed by atoms with Crippen molar-refractivity contribution in [2.45, 2.75) is 39.7 Å². The van der Waals surface area contributed by atoms with Gasteiger partial charge >= 0.3 is 0 Å². The first-order valence-electron chi connectivity index (χ1n) is 7.92. The van der Waals surface area contributed by atoms with Crippen LogP contribution in [-0.2, 0) is 4.79 Å². The third-order valence-electron chi connectivity index (χ3n) is 3.61. The van der Waals surface area contributed by atoms with E-state index >= 15 is 0 Å². The van der Waals surface area contributed by atoms with E-state index in [1.165, 1.54) is 0 Å². The number of likely N-dealkylation sites (tertiary alicyclic amines) is 1. The van der Waals surface area contributed by atoms with Crippen LogP contribution in [-0.4, -0.2) is 36.4 Å². The smallest absolute Gasteiger partial charge is 0.161 e. The number of ketones is 1. The SMILES string of the molecule is CCCN1CCC(=O)/C(=C/c2ccc(OC(C)C)c(Br)c2)C1. The van der Waals surface area contributed by atoms with Crippen molar-refractivity contribution in [3.63, 3.8) is 0 Å². The molecule has 0 aliphatic carbocycles. The monoisotopic (exact) mass is 365 g/mol. The molecule has 1 aromatic rings. The van der Waals surface area contributed by atoms with Crippen LogP contribution in [0.4, 0.5) is 0 Å². The van der Waals surface area contributed by atoms with E-state index in [4.69, 9.17) is 4.74 Å². The van der Waals surface area contributed by atoms with Gasteiger partial charge in [0.25, 0.3) is 0 Å².